The van der Waals surface area contributed by atoms with Crippen LogP contribution in [0.4, 0.5) is 0 Å². The lowest BCUT2D eigenvalue weighted by Crippen LogP contribution is -2.51. The van der Waals surface area contributed by atoms with Crippen molar-refractivity contribution in [3.05, 3.63) is 0 Å². The molecule has 0 N–H and O–H groups in total. The normalized spacial score (nSPS) is 33.9. The second-order valence-electron chi connectivity index (χ2n) is 5.10. The fourth-order valence-electron chi connectivity index (χ4n) is 3.19. The van der Waals surface area contributed by atoms with Crippen molar-refractivity contribution in [2.45, 2.75) is 57.2 Å². The van der Waals surface area contributed by atoms with E-state index in [2.05, 4.69) is 6.92 Å². The molecule has 0 spiro atoms. The fraction of sp³-hybridized carbons (Fsp3) is 1.00. The Kier molecular flexibility index (Phi) is 6.45. The average molecular weight is 244 g/mol. The fourth-order valence-corrected chi connectivity index (χ4v) is 3.19. The molecule has 0 heterocycles. The summed E-state index contributed by atoms with van der Waals surface area (Å²) in [5.41, 5.74) is -0.0368. The van der Waals surface area contributed by atoms with Gasteiger partial charge < -0.3 is 14.2 Å². The lowest BCUT2D eigenvalue weighted by molar-refractivity contribution is -0.156. The van der Waals surface area contributed by atoms with Crippen LogP contribution in [0, 0.1) is 5.92 Å². The van der Waals surface area contributed by atoms with Gasteiger partial charge in [-0.3, -0.25) is 0 Å². The minimum atomic E-state index is -0.0368. The Bertz CT molecular complexity index is 208. The largest absolute Gasteiger partial charge is 0.384 e. The topological polar surface area (TPSA) is 27.7 Å². The summed E-state index contributed by atoms with van der Waals surface area (Å²) < 4.78 is 16.9. The van der Waals surface area contributed by atoms with E-state index in [0.717, 1.165) is 25.9 Å². The molecule has 1 aliphatic rings. The molecule has 0 bridgehead atoms. The van der Waals surface area contributed by atoms with E-state index in [1.165, 1.54) is 19.3 Å². The van der Waals surface area contributed by atoms with Crippen molar-refractivity contribution in [1.82, 2.24) is 0 Å². The third kappa shape index (κ3) is 3.43. The van der Waals surface area contributed by atoms with E-state index in [4.69, 9.17) is 14.2 Å². The lowest BCUT2D eigenvalue weighted by atomic mass is 9.71. The molecule has 102 valence electrons. The summed E-state index contributed by atoms with van der Waals surface area (Å²) in [7, 11) is 5.41. The highest BCUT2D eigenvalue weighted by molar-refractivity contribution is 4.96. The standard InChI is InChI=1S/C14H28O3/c1-5-6-9-14(17-4)10-7-8-13(16-3)12(14)11-15-2/h12-13H,5-11H2,1-4H3. The Hall–Kier alpha value is -0.120. The minimum absolute atomic E-state index is 0.0368. The highest BCUT2D eigenvalue weighted by Gasteiger charge is 2.45. The first-order valence-electron chi connectivity index (χ1n) is 6.81. The summed E-state index contributed by atoms with van der Waals surface area (Å²) in [6.07, 6.45) is 7.27. The second-order valence-corrected chi connectivity index (χ2v) is 5.10. The van der Waals surface area contributed by atoms with Crippen LogP contribution in [0.15, 0.2) is 0 Å². The molecular weight excluding hydrogens is 216 g/mol. The molecule has 0 saturated heterocycles. The molecule has 0 aromatic heterocycles. The Morgan fingerprint density at radius 1 is 1.24 bits per heavy atom. The molecule has 17 heavy (non-hydrogen) atoms. The van der Waals surface area contributed by atoms with Crippen LogP contribution in [0.2, 0.25) is 0 Å². The Morgan fingerprint density at radius 2 is 2.00 bits per heavy atom. The first kappa shape index (κ1) is 14.9. The summed E-state index contributed by atoms with van der Waals surface area (Å²) >= 11 is 0. The van der Waals surface area contributed by atoms with Crippen LogP contribution in [0.5, 0.6) is 0 Å². The van der Waals surface area contributed by atoms with Gasteiger partial charge in [-0.15, -0.1) is 0 Å². The quantitative estimate of drug-likeness (QED) is 0.689. The maximum Gasteiger partial charge on any atom is 0.0753 e. The maximum absolute atomic E-state index is 5.92. The molecule has 0 aromatic carbocycles. The van der Waals surface area contributed by atoms with Gasteiger partial charge in [0.05, 0.1) is 18.3 Å². The van der Waals surface area contributed by atoms with Crippen LogP contribution in [-0.2, 0) is 14.2 Å². The zero-order chi connectivity index (χ0) is 12.7. The van der Waals surface area contributed by atoms with Gasteiger partial charge in [0, 0.05) is 27.2 Å². The van der Waals surface area contributed by atoms with Crippen molar-refractivity contribution < 1.29 is 14.2 Å². The van der Waals surface area contributed by atoms with Crippen molar-refractivity contribution in [2.75, 3.05) is 27.9 Å². The summed E-state index contributed by atoms with van der Waals surface area (Å²) in [6.45, 7) is 2.96. The summed E-state index contributed by atoms with van der Waals surface area (Å²) in [5.74, 6) is 0.364. The monoisotopic (exact) mass is 244 g/mol. The number of rotatable bonds is 7. The SMILES string of the molecule is CCCCC1(OC)CCCC(OC)C1COC. The van der Waals surface area contributed by atoms with Gasteiger partial charge in [0.25, 0.3) is 0 Å². The van der Waals surface area contributed by atoms with Gasteiger partial charge in [-0.1, -0.05) is 19.8 Å². The first-order valence-corrected chi connectivity index (χ1v) is 6.81. The molecular formula is C14H28O3. The highest BCUT2D eigenvalue weighted by Crippen LogP contribution is 2.41. The number of unbranched alkanes of at least 4 members (excludes halogenated alkanes) is 1. The maximum atomic E-state index is 5.92. The Morgan fingerprint density at radius 3 is 2.53 bits per heavy atom. The van der Waals surface area contributed by atoms with E-state index in [9.17, 15) is 0 Å². The number of hydrogen-bond acceptors (Lipinski definition) is 3. The van der Waals surface area contributed by atoms with E-state index in [1.54, 1.807) is 14.2 Å². The molecule has 3 unspecified atom stereocenters. The number of methoxy groups -OCH3 is 3. The van der Waals surface area contributed by atoms with Crippen LogP contribution in [0.1, 0.15) is 45.4 Å². The second kappa shape index (κ2) is 7.34. The van der Waals surface area contributed by atoms with Gasteiger partial charge >= 0.3 is 0 Å². The summed E-state index contributed by atoms with van der Waals surface area (Å²) in [4.78, 5) is 0. The molecule has 3 atom stereocenters. The number of ether oxygens (including phenoxy) is 3. The van der Waals surface area contributed by atoms with Crippen LogP contribution >= 0.6 is 0 Å². The van der Waals surface area contributed by atoms with Crippen molar-refractivity contribution in [1.29, 1.82) is 0 Å². The molecule has 1 aliphatic carbocycles. The minimum Gasteiger partial charge on any atom is -0.384 e. The van der Waals surface area contributed by atoms with Crippen molar-refractivity contribution >= 4 is 0 Å². The van der Waals surface area contributed by atoms with Crippen molar-refractivity contribution in [3.63, 3.8) is 0 Å². The zero-order valence-corrected chi connectivity index (χ0v) is 11.8. The number of hydrogen-bond donors (Lipinski definition) is 0. The van der Waals surface area contributed by atoms with E-state index < -0.39 is 0 Å². The Balaban J connectivity index is 2.80. The molecule has 3 heteroatoms. The van der Waals surface area contributed by atoms with Gasteiger partial charge in [-0.2, -0.15) is 0 Å². The highest BCUT2D eigenvalue weighted by atomic mass is 16.5. The van der Waals surface area contributed by atoms with Crippen LogP contribution in [-0.4, -0.2) is 39.6 Å². The first-order chi connectivity index (χ1) is 8.24. The van der Waals surface area contributed by atoms with Crippen molar-refractivity contribution in [3.8, 4) is 0 Å². The smallest absolute Gasteiger partial charge is 0.0753 e. The van der Waals surface area contributed by atoms with Crippen LogP contribution in [0.3, 0.4) is 0 Å². The molecule has 1 fully saturated rings. The predicted octanol–water partition coefficient (Wildman–Crippen LogP) is 3.02. The summed E-state index contributed by atoms with van der Waals surface area (Å²) in [6, 6.07) is 0. The van der Waals surface area contributed by atoms with Crippen molar-refractivity contribution in [2.24, 2.45) is 5.92 Å². The van der Waals surface area contributed by atoms with E-state index in [-0.39, 0.29) is 11.7 Å². The van der Waals surface area contributed by atoms with E-state index in [0.29, 0.717) is 5.92 Å². The van der Waals surface area contributed by atoms with Crippen LogP contribution < -0.4 is 0 Å². The molecule has 0 radical (unpaired) electrons. The third-order valence-corrected chi connectivity index (χ3v) is 4.22. The van der Waals surface area contributed by atoms with Crippen LogP contribution in [0.25, 0.3) is 0 Å². The summed E-state index contributed by atoms with van der Waals surface area (Å²) in [5, 5.41) is 0. The average Bonchev–Trinajstić information content (AvgIpc) is 2.38. The van der Waals surface area contributed by atoms with Gasteiger partial charge in [0.15, 0.2) is 0 Å². The lowest BCUT2D eigenvalue weighted by Gasteiger charge is -2.46. The van der Waals surface area contributed by atoms with Gasteiger partial charge in [-0.25, -0.2) is 0 Å². The van der Waals surface area contributed by atoms with Gasteiger partial charge in [0.2, 0.25) is 0 Å². The molecule has 3 nitrogen and oxygen atoms in total. The zero-order valence-electron chi connectivity index (χ0n) is 11.8. The molecule has 1 rings (SSSR count). The van der Waals surface area contributed by atoms with Gasteiger partial charge in [0.1, 0.15) is 0 Å². The molecule has 0 aliphatic heterocycles. The Labute approximate surface area is 106 Å². The van der Waals surface area contributed by atoms with Gasteiger partial charge in [-0.05, 0) is 25.7 Å². The third-order valence-electron chi connectivity index (χ3n) is 4.22. The van der Waals surface area contributed by atoms with E-state index in [1.807, 2.05) is 7.11 Å². The molecule has 0 amide bonds. The molecule has 1 saturated carbocycles. The van der Waals surface area contributed by atoms with E-state index >= 15 is 0 Å². The molecule has 0 aromatic rings. The predicted molar refractivity (Wildman–Crippen MR) is 69.3 cm³/mol.